The monoisotopic (exact) mass is 157 g/mol. The fourth-order valence-electron chi connectivity index (χ4n) is 0.721. The first-order chi connectivity index (χ1) is 4.89. The third-order valence-electron chi connectivity index (χ3n) is 2.04. The molecule has 0 bridgehead atoms. The molecule has 0 spiro atoms. The largest absolute Gasteiger partial charge is 0.356 e. The Hall–Kier alpha value is -0.530. The van der Waals surface area contributed by atoms with Gasteiger partial charge in [-0.2, -0.15) is 0 Å². The maximum atomic E-state index is 11.3. The zero-order valence-corrected chi connectivity index (χ0v) is 8.19. The topological polar surface area (TPSA) is 29.1 Å². The van der Waals surface area contributed by atoms with Gasteiger partial charge in [-0.05, 0) is 12.3 Å². The van der Waals surface area contributed by atoms with Gasteiger partial charge in [0.25, 0.3) is 0 Å². The molecule has 0 aliphatic heterocycles. The first-order valence-electron chi connectivity index (χ1n) is 4.17. The molecule has 1 N–H and O–H groups in total. The van der Waals surface area contributed by atoms with E-state index in [1.54, 1.807) is 0 Å². The Labute approximate surface area is 69.4 Å². The lowest BCUT2D eigenvalue weighted by Crippen LogP contribution is -2.35. The van der Waals surface area contributed by atoms with E-state index >= 15 is 0 Å². The summed E-state index contributed by atoms with van der Waals surface area (Å²) in [5.74, 6) is 0.238. The summed E-state index contributed by atoms with van der Waals surface area (Å²) in [6.45, 7) is 10.9. The Kier molecular flexibility index (Phi) is 3.56. The van der Waals surface area contributed by atoms with Crippen molar-refractivity contribution >= 4 is 5.91 Å². The number of rotatable bonds is 2. The molecule has 1 atom stereocenters. The highest BCUT2D eigenvalue weighted by atomic mass is 16.1. The van der Waals surface area contributed by atoms with Gasteiger partial charge in [0, 0.05) is 12.5 Å². The standard InChI is InChI=1S/C9H19NO/c1-6-10-8(11)7(2)9(3,4)5/h7H,6H2,1-5H3,(H,10,11)/t7-/m1/s1. The van der Waals surface area contributed by atoms with Crippen LogP contribution in [-0.2, 0) is 4.79 Å². The lowest BCUT2D eigenvalue weighted by Gasteiger charge is -2.25. The van der Waals surface area contributed by atoms with Crippen molar-refractivity contribution in [3.63, 3.8) is 0 Å². The van der Waals surface area contributed by atoms with Crippen molar-refractivity contribution < 1.29 is 4.79 Å². The smallest absolute Gasteiger partial charge is 0.223 e. The summed E-state index contributed by atoms with van der Waals surface area (Å²) in [6.07, 6.45) is 0. The molecule has 0 unspecified atom stereocenters. The molecule has 0 aliphatic rings. The fourth-order valence-corrected chi connectivity index (χ4v) is 0.721. The van der Waals surface area contributed by atoms with Crippen molar-refractivity contribution in [2.45, 2.75) is 34.6 Å². The molecular formula is C9H19NO. The summed E-state index contributed by atoms with van der Waals surface area (Å²) in [5.41, 5.74) is 0.0687. The first-order valence-corrected chi connectivity index (χ1v) is 4.17. The third-order valence-corrected chi connectivity index (χ3v) is 2.04. The zero-order chi connectivity index (χ0) is 9.07. The molecule has 2 heteroatoms. The average Bonchev–Trinajstić information content (AvgIpc) is 1.85. The van der Waals surface area contributed by atoms with E-state index in [4.69, 9.17) is 0 Å². The highest BCUT2D eigenvalue weighted by Gasteiger charge is 2.25. The second-order valence-corrected chi connectivity index (χ2v) is 3.98. The highest BCUT2D eigenvalue weighted by Crippen LogP contribution is 2.24. The predicted octanol–water partition coefficient (Wildman–Crippen LogP) is 1.80. The molecule has 0 aromatic carbocycles. The van der Waals surface area contributed by atoms with Crippen LogP contribution in [0.1, 0.15) is 34.6 Å². The van der Waals surface area contributed by atoms with Gasteiger partial charge in [-0.15, -0.1) is 0 Å². The molecule has 0 saturated carbocycles. The van der Waals surface area contributed by atoms with Crippen LogP contribution in [0.4, 0.5) is 0 Å². The van der Waals surface area contributed by atoms with E-state index < -0.39 is 0 Å². The van der Waals surface area contributed by atoms with E-state index in [1.165, 1.54) is 0 Å². The average molecular weight is 157 g/mol. The summed E-state index contributed by atoms with van der Waals surface area (Å²) in [6, 6.07) is 0. The zero-order valence-electron chi connectivity index (χ0n) is 8.19. The third kappa shape index (κ3) is 3.40. The molecule has 0 rings (SSSR count). The van der Waals surface area contributed by atoms with Crippen LogP contribution in [0.2, 0.25) is 0 Å². The summed E-state index contributed by atoms with van der Waals surface area (Å²) in [4.78, 5) is 11.3. The Morgan fingerprint density at radius 1 is 1.45 bits per heavy atom. The van der Waals surface area contributed by atoms with E-state index in [0.717, 1.165) is 6.54 Å². The number of hydrogen-bond donors (Lipinski definition) is 1. The maximum Gasteiger partial charge on any atom is 0.223 e. The lowest BCUT2D eigenvalue weighted by atomic mass is 9.81. The molecule has 1 amide bonds. The number of hydrogen-bond acceptors (Lipinski definition) is 1. The Morgan fingerprint density at radius 3 is 2.18 bits per heavy atom. The van der Waals surface area contributed by atoms with Crippen LogP contribution >= 0.6 is 0 Å². The summed E-state index contributed by atoms with van der Waals surface area (Å²) in [5, 5.41) is 2.81. The van der Waals surface area contributed by atoms with Gasteiger partial charge in [0.1, 0.15) is 0 Å². The molecule has 0 fully saturated rings. The molecule has 66 valence electrons. The van der Waals surface area contributed by atoms with E-state index in [-0.39, 0.29) is 17.2 Å². The van der Waals surface area contributed by atoms with Crippen LogP contribution < -0.4 is 5.32 Å². The van der Waals surface area contributed by atoms with Gasteiger partial charge >= 0.3 is 0 Å². The van der Waals surface area contributed by atoms with E-state index in [0.29, 0.717) is 0 Å². The SMILES string of the molecule is CCNC(=O)[C@@H](C)C(C)(C)C. The molecule has 0 aromatic heterocycles. The van der Waals surface area contributed by atoms with Gasteiger partial charge in [0.15, 0.2) is 0 Å². The van der Waals surface area contributed by atoms with Gasteiger partial charge in [-0.25, -0.2) is 0 Å². The number of nitrogens with one attached hydrogen (secondary N) is 1. The molecule has 0 radical (unpaired) electrons. The van der Waals surface area contributed by atoms with Crippen LogP contribution in [0, 0.1) is 11.3 Å². The van der Waals surface area contributed by atoms with Crippen LogP contribution in [0.15, 0.2) is 0 Å². The normalized spacial score (nSPS) is 14.3. The molecule has 2 nitrogen and oxygen atoms in total. The number of carbonyl (C=O) groups is 1. The van der Waals surface area contributed by atoms with Crippen molar-refractivity contribution in [2.24, 2.45) is 11.3 Å². The Morgan fingerprint density at radius 2 is 1.91 bits per heavy atom. The lowest BCUT2D eigenvalue weighted by molar-refractivity contribution is -0.127. The van der Waals surface area contributed by atoms with Crippen molar-refractivity contribution in [3.05, 3.63) is 0 Å². The van der Waals surface area contributed by atoms with E-state index in [2.05, 4.69) is 26.1 Å². The van der Waals surface area contributed by atoms with Crippen LogP contribution in [0.3, 0.4) is 0 Å². The fraction of sp³-hybridized carbons (Fsp3) is 0.889. The Bertz CT molecular complexity index is 135. The molecule has 0 aromatic rings. The minimum absolute atomic E-state index is 0.0687. The van der Waals surface area contributed by atoms with Crippen LogP contribution in [-0.4, -0.2) is 12.5 Å². The van der Waals surface area contributed by atoms with Gasteiger partial charge in [0.05, 0.1) is 0 Å². The van der Waals surface area contributed by atoms with Gasteiger partial charge in [0.2, 0.25) is 5.91 Å². The summed E-state index contributed by atoms with van der Waals surface area (Å²) >= 11 is 0. The maximum absolute atomic E-state index is 11.3. The van der Waals surface area contributed by atoms with E-state index in [9.17, 15) is 4.79 Å². The first kappa shape index (κ1) is 10.5. The minimum Gasteiger partial charge on any atom is -0.356 e. The number of carbonyl (C=O) groups excluding carboxylic acids is 1. The molecule has 0 heterocycles. The minimum atomic E-state index is 0.0687. The van der Waals surface area contributed by atoms with Crippen molar-refractivity contribution in [3.8, 4) is 0 Å². The molecular weight excluding hydrogens is 138 g/mol. The van der Waals surface area contributed by atoms with Crippen LogP contribution in [0.25, 0.3) is 0 Å². The highest BCUT2D eigenvalue weighted by molar-refractivity contribution is 5.78. The van der Waals surface area contributed by atoms with Crippen molar-refractivity contribution in [2.75, 3.05) is 6.54 Å². The molecule has 0 saturated heterocycles. The number of amides is 1. The molecule has 0 aliphatic carbocycles. The summed E-state index contributed by atoms with van der Waals surface area (Å²) in [7, 11) is 0. The molecule has 11 heavy (non-hydrogen) atoms. The van der Waals surface area contributed by atoms with Crippen molar-refractivity contribution in [1.29, 1.82) is 0 Å². The van der Waals surface area contributed by atoms with Gasteiger partial charge in [-0.3, -0.25) is 4.79 Å². The summed E-state index contributed by atoms with van der Waals surface area (Å²) < 4.78 is 0. The van der Waals surface area contributed by atoms with Gasteiger partial charge < -0.3 is 5.32 Å². The predicted molar refractivity (Wildman–Crippen MR) is 47.3 cm³/mol. The van der Waals surface area contributed by atoms with Crippen LogP contribution in [0.5, 0.6) is 0 Å². The van der Waals surface area contributed by atoms with Crippen molar-refractivity contribution in [1.82, 2.24) is 5.32 Å². The Balaban J connectivity index is 4.03. The quantitative estimate of drug-likeness (QED) is 0.650. The second kappa shape index (κ2) is 3.74. The van der Waals surface area contributed by atoms with E-state index in [1.807, 2.05) is 13.8 Å². The van der Waals surface area contributed by atoms with Gasteiger partial charge in [-0.1, -0.05) is 27.7 Å². The second-order valence-electron chi connectivity index (χ2n) is 3.98.